The molecular weight excluding hydrogens is 288 g/mol. The molecule has 0 aliphatic rings. The first-order valence-electron chi connectivity index (χ1n) is 7.56. The van der Waals surface area contributed by atoms with E-state index in [1.54, 1.807) is 0 Å². The molecule has 0 spiro atoms. The number of hydrogen-bond acceptors (Lipinski definition) is 1. The highest BCUT2D eigenvalue weighted by molar-refractivity contribution is 7.01. The fourth-order valence-corrected chi connectivity index (χ4v) is 11.2. The van der Waals surface area contributed by atoms with Gasteiger partial charge >= 0.3 is 0 Å². The van der Waals surface area contributed by atoms with Crippen molar-refractivity contribution in [2.24, 2.45) is 0 Å². The molecule has 0 aliphatic heterocycles. The van der Waals surface area contributed by atoms with Crippen LogP contribution in [0.1, 0.15) is 11.1 Å². The minimum absolute atomic E-state index is 1.35. The van der Waals surface area contributed by atoms with Gasteiger partial charge in [-0.05, 0) is 61.5 Å². The lowest BCUT2D eigenvalue weighted by Gasteiger charge is -2.36. The fraction of sp³-hybridized carbons (Fsp3) is 0.333. The van der Waals surface area contributed by atoms with Crippen LogP contribution in [0, 0.1) is 13.8 Å². The van der Waals surface area contributed by atoms with Crippen LogP contribution < -0.4 is 10.4 Å². The Labute approximate surface area is 131 Å². The fourth-order valence-electron chi connectivity index (χ4n) is 2.91. The third-order valence-corrected chi connectivity index (χ3v) is 11.0. The summed E-state index contributed by atoms with van der Waals surface area (Å²) in [4.78, 5) is 0. The molecule has 2 rings (SSSR count). The Kier molecular flexibility index (Phi) is 4.56. The molecule has 0 heterocycles. The first-order valence-corrected chi connectivity index (χ1v) is 13.4. The van der Waals surface area contributed by atoms with Gasteiger partial charge < -0.3 is 4.12 Å². The topological polar surface area (TPSA) is 9.23 Å². The molecule has 112 valence electrons. The number of aryl methyl sites for hydroxylation is 1. The van der Waals surface area contributed by atoms with E-state index in [1.807, 2.05) is 0 Å². The average Bonchev–Trinajstić information content (AvgIpc) is 2.41. The second-order valence-electron chi connectivity index (χ2n) is 6.86. The van der Waals surface area contributed by atoms with Crippen molar-refractivity contribution < 1.29 is 4.12 Å². The molecule has 0 N–H and O–H groups in total. The lowest BCUT2D eigenvalue weighted by molar-refractivity contribution is 0.572. The molecule has 0 saturated heterocycles. The monoisotopic (exact) mass is 314 g/mol. The van der Waals surface area contributed by atoms with Gasteiger partial charge in [0.15, 0.2) is 8.32 Å². The summed E-state index contributed by atoms with van der Waals surface area (Å²) in [5.74, 6) is 0. The van der Waals surface area contributed by atoms with E-state index >= 15 is 0 Å². The molecule has 21 heavy (non-hydrogen) atoms. The summed E-state index contributed by atoms with van der Waals surface area (Å²) in [6, 6.07) is 17.4. The van der Waals surface area contributed by atoms with Crippen molar-refractivity contribution >= 4 is 27.0 Å². The summed E-state index contributed by atoms with van der Waals surface area (Å²) >= 11 is 0. The Morgan fingerprint density at radius 3 is 1.95 bits per heavy atom. The molecule has 0 saturated carbocycles. The smallest absolute Gasteiger partial charge is 0.242 e. The van der Waals surface area contributed by atoms with Crippen molar-refractivity contribution in [2.45, 2.75) is 40.0 Å². The van der Waals surface area contributed by atoms with Crippen molar-refractivity contribution in [3.63, 3.8) is 0 Å². The Morgan fingerprint density at radius 1 is 0.762 bits per heavy atom. The van der Waals surface area contributed by atoms with E-state index in [0.717, 1.165) is 0 Å². The minimum atomic E-state index is -2.15. The Balaban J connectivity index is 2.64. The highest BCUT2D eigenvalue weighted by Gasteiger charge is 2.39. The molecule has 0 aromatic heterocycles. The summed E-state index contributed by atoms with van der Waals surface area (Å²) in [6.45, 7) is 13.6. The van der Waals surface area contributed by atoms with Gasteiger partial charge in [-0.3, -0.25) is 0 Å². The van der Waals surface area contributed by atoms with Gasteiger partial charge in [-0.1, -0.05) is 48.5 Å². The summed E-state index contributed by atoms with van der Waals surface area (Å²) in [6.07, 6.45) is 0. The number of hydrogen-bond donors (Lipinski definition) is 0. The molecule has 0 amide bonds. The molecule has 2 aromatic rings. The van der Waals surface area contributed by atoms with Gasteiger partial charge in [0.2, 0.25) is 8.32 Å². The summed E-state index contributed by atoms with van der Waals surface area (Å²) in [5, 5.41) is 2.78. The van der Waals surface area contributed by atoms with E-state index in [-0.39, 0.29) is 0 Å². The Morgan fingerprint density at radius 2 is 1.38 bits per heavy atom. The zero-order valence-corrected chi connectivity index (χ0v) is 16.0. The average molecular weight is 315 g/mol. The summed E-state index contributed by atoms with van der Waals surface area (Å²) in [7, 11) is -3.79. The van der Waals surface area contributed by atoms with E-state index in [0.29, 0.717) is 0 Å². The van der Waals surface area contributed by atoms with E-state index in [4.69, 9.17) is 4.12 Å². The van der Waals surface area contributed by atoms with Gasteiger partial charge in [0.25, 0.3) is 0 Å². The standard InChI is InChI=1S/C18H26OSi2/c1-15-11-10-14-18(16(15)2)21(6,19-20(3,4)5)17-12-8-7-9-13-17/h7-14H,1-6H3. The lowest BCUT2D eigenvalue weighted by atomic mass is 10.1. The van der Waals surface area contributed by atoms with Crippen LogP contribution in [0.2, 0.25) is 26.2 Å². The van der Waals surface area contributed by atoms with Crippen LogP contribution in [-0.2, 0) is 4.12 Å². The molecular formula is C18H26OSi2. The lowest BCUT2D eigenvalue weighted by Crippen LogP contribution is -2.63. The molecule has 0 bridgehead atoms. The van der Waals surface area contributed by atoms with Crippen LogP contribution in [0.15, 0.2) is 48.5 Å². The van der Waals surface area contributed by atoms with Crippen LogP contribution in [0.4, 0.5) is 0 Å². The molecule has 0 fully saturated rings. The second-order valence-corrected chi connectivity index (χ2v) is 15.1. The van der Waals surface area contributed by atoms with Crippen LogP contribution in [0.5, 0.6) is 0 Å². The summed E-state index contributed by atoms with van der Waals surface area (Å²) in [5.41, 5.74) is 2.73. The van der Waals surface area contributed by atoms with E-state index < -0.39 is 16.6 Å². The van der Waals surface area contributed by atoms with E-state index in [2.05, 4.69) is 88.6 Å². The maximum absolute atomic E-state index is 6.81. The van der Waals surface area contributed by atoms with Crippen molar-refractivity contribution in [3.05, 3.63) is 59.7 Å². The van der Waals surface area contributed by atoms with Crippen molar-refractivity contribution in [1.82, 2.24) is 0 Å². The maximum atomic E-state index is 6.81. The van der Waals surface area contributed by atoms with Crippen LogP contribution in [0.3, 0.4) is 0 Å². The van der Waals surface area contributed by atoms with Gasteiger partial charge in [-0.25, -0.2) is 0 Å². The largest absolute Gasteiger partial charge is 0.449 e. The molecule has 0 aliphatic carbocycles. The first kappa shape index (κ1) is 16.2. The molecule has 1 atom stereocenters. The SMILES string of the molecule is Cc1cccc([Si](C)(O[Si](C)(C)C)c2ccccc2)c1C. The summed E-state index contributed by atoms with van der Waals surface area (Å²) < 4.78 is 6.81. The predicted molar refractivity (Wildman–Crippen MR) is 97.7 cm³/mol. The quantitative estimate of drug-likeness (QED) is 0.779. The zero-order chi connectivity index (χ0) is 15.7. The Hall–Kier alpha value is -1.17. The molecule has 2 aromatic carbocycles. The minimum Gasteiger partial charge on any atom is -0.449 e. The maximum Gasteiger partial charge on any atom is 0.242 e. The zero-order valence-electron chi connectivity index (χ0n) is 14.0. The van der Waals surface area contributed by atoms with E-state index in [9.17, 15) is 0 Å². The predicted octanol–water partition coefficient (Wildman–Crippen LogP) is 3.84. The van der Waals surface area contributed by atoms with Crippen LogP contribution >= 0.6 is 0 Å². The van der Waals surface area contributed by atoms with Gasteiger partial charge in [0.1, 0.15) is 0 Å². The Bertz CT molecular complexity index is 617. The molecule has 0 radical (unpaired) electrons. The van der Waals surface area contributed by atoms with Crippen molar-refractivity contribution in [3.8, 4) is 0 Å². The highest BCUT2D eigenvalue weighted by Crippen LogP contribution is 2.18. The van der Waals surface area contributed by atoms with Crippen molar-refractivity contribution in [1.29, 1.82) is 0 Å². The molecule has 1 nitrogen and oxygen atoms in total. The van der Waals surface area contributed by atoms with Crippen LogP contribution in [0.25, 0.3) is 0 Å². The normalized spacial score (nSPS) is 14.8. The van der Waals surface area contributed by atoms with Gasteiger partial charge in [-0.15, -0.1) is 0 Å². The third-order valence-electron chi connectivity index (χ3n) is 3.95. The van der Waals surface area contributed by atoms with Gasteiger partial charge in [-0.2, -0.15) is 0 Å². The second kappa shape index (κ2) is 5.91. The van der Waals surface area contributed by atoms with Gasteiger partial charge in [0, 0.05) is 0 Å². The molecule has 1 unspecified atom stereocenters. The number of rotatable bonds is 4. The third kappa shape index (κ3) is 3.54. The number of benzene rings is 2. The highest BCUT2D eigenvalue weighted by atomic mass is 28.4. The van der Waals surface area contributed by atoms with Crippen LogP contribution in [-0.4, -0.2) is 16.6 Å². The van der Waals surface area contributed by atoms with Gasteiger partial charge in [0.05, 0.1) is 0 Å². The first-order chi connectivity index (χ1) is 9.74. The van der Waals surface area contributed by atoms with E-state index in [1.165, 1.54) is 21.5 Å². The van der Waals surface area contributed by atoms with Crippen molar-refractivity contribution in [2.75, 3.05) is 0 Å². The molecule has 3 heteroatoms.